The fourth-order valence-electron chi connectivity index (χ4n) is 3.76. The zero-order chi connectivity index (χ0) is 22.6. The van der Waals surface area contributed by atoms with E-state index in [2.05, 4.69) is 30.9 Å². The largest absolute Gasteiger partial charge is 0.480 e. The summed E-state index contributed by atoms with van der Waals surface area (Å²) in [6, 6.07) is 5.80. The predicted octanol–water partition coefficient (Wildman–Crippen LogP) is 1.51. The van der Waals surface area contributed by atoms with Gasteiger partial charge in [-0.2, -0.15) is 9.61 Å². The van der Waals surface area contributed by atoms with Gasteiger partial charge < -0.3 is 25.4 Å². The van der Waals surface area contributed by atoms with Gasteiger partial charge in [-0.15, -0.1) is 0 Å². The molecule has 174 valence electrons. The molecule has 33 heavy (non-hydrogen) atoms. The molecule has 0 radical (unpaired) electrons. The highest BCUT2D eigenvalue weighted by Crippen LogP contribution is 2.27. The molecule has 1 aliphatic heterocycles. The molecule has 2 aliphatic rings. The number of nitrogens with zero attached hydrogens (tertiary/aromatic N) is 5. The van der Waals surface area contributed by atoms with Crippen molar-refractivity contribution in [1.82, 2.24) is 29.8 Å². The molecular formula is C22H28N8O3. The van der Waals surface area contributed by atoms with Crippen LogP contribution in [0.3, 0.4) is 0 Å². The van der Waals surface area contributed by atoms with E-state index >= 15 is 0 Å². The van der Waals surface area contributed by atoms with Crippen LogP contribution in [0, 0.1) is 0 Å². The van der Waals surface area contributed by atoms with Crippen molar-refractivity contribution in [2.45, 2.75) is 18.9 Å². The topological polar surface area (TPSA) is 118 Å². The van der Waals surface area contributed by atoms with Gasteiger partial charge in [0, 0.05) is 44.5 Å². The van der Waals surface area contributed by atoms with E-state index < -0.39 is 0 Å². The molecule has 0 atom stereocenters. The van der Waals surface area contributed by atoms with Gasteiger partial charge in [-0.05, 0) is 25.0 Å². The molecule has 11 heteroatoms. The van der Waals surface area contributed by atoms with Gasteiger partial charge in [0.25, 0.3) is 5.91 Å². The van der Waals surface area contributed by atoms with Crippen molar-refractivity contribution in [3.8, 4) is 5.88 Å². The van der Waals surface area contributed by atoms with Crippen LogP contribution in [0.2, 0.25) is 0 Å². The van der Waals surface area contributed by atoms with Crippen molar-refractivity contribution in [1.29, 1.82) is 0 Å². The smallest absolute Gasteiger partial charge is 0.256 e. The average Bonchev–Trinajstić information content (AvgIpc) is 3.55. The maximum atomic E-state index is 12.8. The predicted molar refractivity (Wildman–Crippen MR) is 123 cm³/mol. The third kappa shape index (κ3) is 4.99. The number of anilines is 3. The van der Waals surface area contributed by atoms with Gasteiger partial charge in [0.15, 0.2) is 5.65 Å². The number of morpholine rings is 1. The summed E-state index contributed by atoms with van der Waals surface area (Å²) in [6.07, 6.45) is 5.26. The van der Waals surface area contributed by atoms with E-state index in [0.29, 0.717) is 28.6 Å². The Morgan fingerprint density at radius 3 is 2.94 bits per heavy atom. The van der Waals surface area contributed by atoms with Gasteiger partial charge in [0.05, 0.1) is 26.5 Å². The van der Waals surface area contributed by atoms with Gasteiger partial charge >= 0.3 is 0 Å². The van der Waals surface area contributed by atoms with E-state index in [1.807, 2.05) is 18.2 Å². The number of aromatic nitrogens is 4. The van der Waals surface area contributed by atoms with E-state index in [9.17, 15) is 4.79 Å². The van der Waals surface area contributed by atoms with Gasteiger partial charge in [0.2, 0.25) is 5.88 Å². The summed E-state index contributed by atoms with van der Waals surface area (Å²) in [5.74, 6) is 1.60. The molecule has 2 fully saturated rings. The third-order valence-corrected chi connectivity index (χ3v) is 5.69. The molecule has 0 spiro atoms. The Morgan fingerprint density at radius 1 is 1.30 bits per heavy atom. The number of rotatable bonds is 9. The van der Waals surface area contributed by atoms with Crippen molar-refractivity contribution in [2.75, 3.05) is 57.1 Å². The lowest BCUT2D eigenvalue weighted by molar-refractivity contribution is 0.0398. The van der Waals surface area contributed by atoms with Crippen molar-refractivity contribution < 1.29 is 14.3 Å². The van der Waals surface area contributed by atoms with E-state index in [0.717, 1.165) is 58.1 Å². The van der Waals surface area contributed by atoms with E-state index in [1.165, 1.54) is 0 Å². The van der Waals surface area contributed by atoms with Crippen molar-refractivity contribution in [2.24, 2.45) is 0 Å². The average molecular weight is 453 g/mol. The number of hydrogen-bond donors (Lipinski definition) is 3. The van der Waals surface area contributed by atoms with Crippen molar-refractivity contribution in [3.05, 3.63) is 36.2 Å². The number of nitrogens with one attached hydrogen (secondary N) is 3. The standard InChI is InChI=1S/C22H28N8O3/c1-32-22-17(3-2-6-24-22)27-18-13-19(23-7-8-29-9-11-33-12-10-29)30-20(28-18)16(14-25-30)21(31)26-15-4-5-15/h2-3,6,13-15,23H,4-5,7-12H2,1H3,(H,26,31)(H,27,28). The van der Waals surface area contributed by atoms with Gasteiger partial charge in [0.1, 0.15) is 22.9 Å². The fourth-order valence-corrected chi connectivity index (χ4v) is 3.76. The minimum atomic E-state index is -0.157. The van der Waals surface area contributed by atoms with Crippen LogP contribution in [0.1, 0.15) is 23.2 Å². The number of fused-ring (bicyclic) bond motifs is 1. The van der Waals surface area contributed by atoms with Crippen LogP contribution in [-0.2, 0) is 4.74 Å². The Labute approximate surface area is 191 Å². The van der Waals surface area contributed by atoms with Crippen LogP contribution >= 0.6 is 0 Å². The van der Waals surface area contributed by atoms with Crippen LogP contribution in [0.4, 0.5) is 17.3 Å². The Kier molecular flexibility index (Phi) is 6.22. The molecule has 0 aromatic carbocycles. The second-order valence-electron chi connectivity index (χ2n) is 8.13. The Hall–Kier alpha value is -3.44. The second-order valence-corrected chi connectivity index (χ2v) is 8.13. The van der Waals surface area contributed by atoms with Crippen LogP contribution in [0.25, 0.3) is 5.65 Å². The normalized spacial score (nSPS) is 16.5. The van der Waals surface area contributed by atoms with Crippen LogP contribution < -0.4 is 20.7 Å². The first kappa shape index (κ1) is 21.4. The van der Waals surface area contributed by atoms with E-state index in [1.54, 1.807) is 24.0 Å². The number of pyridine rings is 1. The molecular weight excluding hydrogens is 424 g/mol. The maximum Gasteiger partial charge on any atom is 0.256 e. The monoisotopic (exact) mass is 452 g/mol. The van der Waals surface area contributed by atoms with Crippen LogP contribution in [0.15, 0.2) is 30.6 Å². The summed E-state index contributed by atoms with van der Waals surface area (Å²) in [4.78, 5) is 24.1. The summed E-state index contributed by atoms with van der Waals surface area (Å²) >= 11 is 0. The molecule has 1 saturated heterocycles. The minimum absolute atomic E-state index is 0.157. The molecule has 1 amide bonds. The Morgan fingerprint density at radius 2 is 2.15 bits per heavy atom. The minimum Gasteiger partial charge on any atom is -0.480 e. The molecule has 3 N–H and O–H groups in total. The molecule has 5 rings (SSSR count). The fraction of sp³-hybridized carbons (Fsp3) is 0.455. The first-order chi connectivity index (χ1) is 16.2. The molecule has 3 aromatic rings. The summed E-state index contributed by atoms with van der Waals surface area (Å²) in [7, 11) is 1.57. The Bertz CT molecular complexity index is 1120. The molecule has 1 aliphatic carbocycles. The number of ether oxygens (including phenoxy) is 2. The van der Waals surface area contributed by atoms with Gasteiger partial charge in [-0.1, -0.05) is 0 Å². The maximum absolute atomic E-state index is 12.8. The molecule has 1 saturated carbocycles. The molecule has 4 heterocycles. The first-order valence-corrected chi connectivity index (χ1v) is 11.2. The lowest BCUT2D eigenvalue weighted by Gasteiger charge is -2.26. The zero-order valence-electron chi connectivity index (χ0n) is 18.6. The van der Waals surface area contributed by atoms with E-state index in [4.69, 9.17) is 14.5 Å². The summed E-state index contributed by atoms with van der Waals surface area (Å²) in [5, 5.41) is 14.2. The number of amides is 1. The summed E-state index contributed by atoms with van der Waals surface area (Å²) < 4.78 is 12.4. The summed E-state index contributed by atoms with van der Waals surface area (Å²) in [5.41, 5.74) is 1.61. The second kappa shape index (κ2) is 9.59. The highest BCUT2D eigenvalue weighted by atomic mass is 16.5. The number of methoxy groups -OCH3 is 1. The van der Waals surface area contributed by atoms with Gasteiger partial charge in [-0.3, -0.25) is 9.69 Å². The quantitative estimate of drug-likeness (QED) is 0.444. The zero-order valence-corrected chi connectivity index (χ0v) is 18.6. The third-order valence-electron chi connectivity index (χ3n) is 5.69. The summed E-state index contributed by atoms with van der Waals surface area (Å²) in [6.45, 7) is 4.97. The highest BCUT2D eigenvalue weighted by molar-refractivity contribution is 6.00. The first-order valence-electron chi connectivity index (χ1n) is 11.2. The number of carbonyl (C=O) groups excluding carboxylic acids is 1. The van der Waals surface area contributed by atoms with Crippen molar-refractivity contribution in [3.63, 3.8) is 0 Å². The van der Waals surface area contributed by atoms with Crippen LogP contribution in [-0.4, -0.2) is 82.9 Å². The van der Waals surface area contributed by atoms with E-state index in [-0.39, 0.29) is 11.9 Å². The van der Waals surface area contributed by atoms with Crippen molar-refractivity contribution >= 4 is 28.9 Å². The van der Waals surface area contributed by atoms with Crippen LogP contribution in [0.5, 0.6) is 5.88 Å². The Balaban J connectivity index is 1.43. The van der Waals surface area contributed by atoms with Gasteiger partial charge in [-0.25, -0.2) is 9.97 Å². The molecule has 0 unspecified atom stereocenters. The SMILES string of the molecule is COc1ncccc1Nc1cc(NCCN2CCOCC2)n2ncc(C(=O)NC3CC3)c2n1. The lowest BCUT2D eigenvalue weighted by Crippen LogP contribution is -2.39. The lowest BCUT2D eigenvalue weighted by atomic mass is 10.3. The number of carbonyl (C=O) groups is 1. The highest BCUT2D eigenvalue weighted by Gasteiger charge is 2.26. The molecule has 3 aromatic heterocycles. The molecule has 11 nitrogen and oxygen atoms in total. The molecule has 0 bridgehead atoms. The number of hydrogen-bond acceptors (Lipinski definition) is 9.